The molecule has 0 bridgehead atoms. The maximum Gasteiger partial charge on any atom is 0.407 e. The number of benzene rings is 1. The number of carbonyl (C=O) groups is 1. The van der Waals surface area contributed by atoms with Gasteiger partial charge in [-0.15, -0.1) is 24.0 Å². The molecule has 0 aromatic heterocycles. The van der Waals surface area contributed by atoms with Crippen molar-refractivity contribution >= 4 is 36.0 Å². The summed E-state index contributed by atoms with van der Waals surface area (Å²) in [6.45, 7) is 6.40. The molecule has 1 atom stereocenters. The van der Waals surface area contributed by atoms with Crippen molar-refractivity contribution in [3.05, 3.63) is 35.9 Å². The molecule has 26 heavy (non-hydrogen) atoms. The summed E-state index contributed by atoms with van der Waals surface area (Å²) in [5.74, 6) is 1.36. The van der Waals surface area contributed by atoms with Gasteiger partial charge in [0.1, 0.15) is 0 Å². The number of amides is 1. The molecular weight excluding hydrogens is 443 g/mol. The van der Waals surface area contributed by atoms with Gasteiger partial charge in [-0.25, -0.2) is 4.79 Å². The Balaban J connectivity index is 0.00000338. The number of rotatable bonds is 8. The second-order valence-electron chi connectivity index (χ2n) is 6.35. The van der Waals surface area contributed by atoms with Gasteiger partial charge in [0, 0.05) is 20.1 Å². The molecule has 1 fully saturated rings. The van der Waals surface area contributed by atoms with Crippen molar-refractivity contribution in [1.29, 1.82) is 0 Å². The molecule has 1 unspecified atom stereocenters. The molecule has 2 N–H and O–H groups in total. The summed E-state index contributed by atoms with van der Waals surface area (Å²) in [7, 11) is 2.03. The van der Waals surface area contributed by atoms with Gasteiger partial charge in [-0.1, -0.05) is 30.3 Å². The highest BCUT2D eigenvalue weighted by atomic mass is 127. The van der Waals surface area contributed by atoms with E-state index in [0.29, 0.717) is 19.1 Å². The smallest absolute Gasteiger partial charge is 0.407 e. The summed E-state index contributed by atoms with van der Waals surface area (Å²) in [6.07, 6.45) is 1.93. The second kappa shape index (κ2) is 12.0. The van der Waals surface area contributed by atoms with Gasteiger partial charge in [0.05, 0.1) is 19.2 Å². The highest BCUT2D eigenvalue weighted by Crippen LogP contribution is 2.32. The number of aliphatic imine (C=N–C) groups is 1. The minimum Gasteiger partial charge on any atom is -0.450 e. The summed E-state index contributed by atoms with van der Waals surface area (Å²) in [6, 6.07) is 10.4. The van der Waals surface area contributed by atoms with Crippen LogP contribution in [0.2, 0.25) is 0 Å². The third-order valence-electron chi connectivity index (χ3n) is 4.17. The zero-order valence-electron chi connectivity index (χ0n) is 15.9. The van der Waals surface area contributed by atoms with Crippen molar-refractivity contribution in [3.63, 3.8) is 0 Å². The first kappa shape index (κ1) is 22.5. The fourth-order valence-corrected chi connectivity index (χ4v) is 2.72. The van der Waals surface area contributed by atoms with Crippen LogP contribution in [0.1, 0.15) is 32.3 Å². The average molecular weight is 474 g/mol. The Hall–Kier alpha value is -1.51. The average Bonchev–Trinajstić information content (AvgIpc) is 3.43. The molecule has 1 aromatic carbocycles. The van der Waals surface area contributed by atoms with Gasteiger partial charge < -0.3 is 20.3 Å². The first-order chi connectivity index (χ1) is 12.1. The minimum absolute atomic E-state index is 0. The molecule has 1 aliphatic carbocycles. The van der Waals surface area contributed by atoms with Crippen molar-refractivity contribution in [3.8, 4) is 0 Å². The first-order valence-corrected chi connectivity index (χ1v) is 9.10. The van der Waals surface area contributed by atoms with Gasteiger partial charge in [0.2, 0.25) is 0 Å². The Morgan fingerprint density at radius 3 is 2.58 bits per heavy atom. The van der Waals surface area contributed by atoms with Crippen LogP contribution in [0.15, 0.2) is 35.3 Å². The summed E-state index contributed by atoms with van der Waals surface area (Å²) in [5, 5.41) is 6.28. The van der Waals surface area contributed by atoms with Crippen LogP contribution in [0.4, 0.5) is 4.79 Å². The third-order valence-corrected chi connectivity index (χ3v) is 4.17. The standard InChI is InChI=1S/C19H30N4O2.HI/c1-4-20-18(23(3)14-15-9-7-6-8-10-15)21-13-17(16-11-12-16)22-19(24)25-5-2;/h6-10,16-17H,4-5,11-14H2,1-3H3,(H,20,21)(H,22,24);1H. The lowest BCUT2D eigenvalue weighted by molar-refractivity contribution is 0.147. The Bertz CT molecular complexity index is 564. The van der Waals surface area contributed by atoms with E-state index in [1.165, 1.54) is 5.56 Å². The fraction of sp³-hybridized carbons (Fsp3) is 0.579. The van der Waals surface area contributed by atoms with E-state index in [9.17, 15) is 4.79 Å². The third kappa shape index (κ3) is 7.80. The minimum atomic E-state index is -0.350. The molecule has 0 spiro atoms. The Morgan fingerprint density at radius 2 is 2.00 bits per heavy atom. The maximum atomic E-state index is 11.7. The Labute approximate surface area is 173 Å². The van der Waals surface area contributed by atoms with Gasteiger partial charge >= 0.3 is 6.09 Å². The lowest BCUT2D eigenvalue weighted by Gasteiger charge is -2.23. The van der Waals surface area contributed by atoms with Crippen LogP contribution in [0.25, 0.3) is 0 Å². The van der Waals surface area contributed by atoms with Gasteiger partial charge in [0.25, 0.3) is 0 Å². The predicted octanol–water partition coefficient (Wildman–Crippen LogP) is 3.23. The quantitative estimate of drug-likeness (QED) is 0.345. The Morgan fingerprint density at radius 1 is 1.31 bits per heavy atom. The highest BCUT2D eigenvalue weighted by molar-refractivity contribution is 14.0. The number of alkyl carbamates (subject to hydrolysis) is 1. The van der Waals surface area contributed by atoms with Crippen LogP contribution >= 0.6 is 24.0 Å². The second-order valence-corrected chi connectivity index (χ2v) is 6.35. The molecule has 6 nitrogen and oxygen atoms in total. The number of hydrogen-bond donors (Lipinski definition) is 2. The molecule has 0 heterocycles. The molecule has 1 saturated carbocycles. The Kier molecular flexibility index (Phi) is 10.4. The molecule has 1 aromatic rings. The van der Waals surface area contributed by atoms with Crippen molar-refractivity contribution in [2.24, 2.45) is 10.9 Å². The van der Waals surface area contributed by atoms with Crippen LogP contribution in [0.3, 0.4) is 0 Å². The van der Waals surface area contributed by atoms with Crippen LogP contribution in [-0.4, -0.2) is 49.7 Å². The molecule has 0 aliphatic heterocycles. The van der Waals surface area contributed by atoms with E-state index in [4.69, 9.17) is 9.73 Å². The van der Waals surface area contributed by atoms with Crippen molar-refractivity contribution in [2.75, 3.05) is 26.7 Å². The van der Waals surface area contributed by atoms with E-state index in [0.717, 1.165) is 31.9 Å². The molecular formula is C19H31IN4O2. The first-order valence-electron chi connectivity index (χ1n) is 9.10. The predicted molar refractivity (Wildman–Crippen MR) is 116 cm³/mol. The van der Waals surface area contributed by atoms with Crippen molar-refractivity contribution < 1.29 is 9.53 Å². The monoisotopic (exact) mass is 474 g/mol. The number of nitrogens with zero attached hydrogens (tertiary/aromatic N) is 2. The number of hydrogen-bond acceptors (Lipinski definition) is 3. The zero-order chi connectivity index (χ0) is 18.1. The molecule has 0 radical (unpaired) electrons. The van der Waals surface area contributed by atoms with Crippen LogP contribution in [0.5, 0.6) is 0 Å². The topological polar surface area (TPSA) is 66.0 Å². The summed E-state index contributed by atoms with van der Waals surface area (Å²) in [4.78, 5) is 18.6. The largest absolute Gasteiger partial charge is 0.450 e. The normalized spacial score (nSPS) is 14.8. The van der Waals surface area contributed by atoms with Crippen molar-refractivity contribution in [2.45, 2.75) is 39.3 Å². The van der Waals surface area contributed by atoms with E-state index >= 15 is 0 Å². The molecule has 146 valence electrons. The van der Waals surface area contributed by atoms with E-state index in [2.05, 4.69) is 34.6 Å². The van der Waals surface area contributed by atoms with E-state index in [-0.39, 0.29) is 36.1 Å². The van der Waals surface area contributed by atoms with Gasteiger partial charge in [-0.3, -0.25) is 4.99 Å². The highest BCUT2D eigenvalue weighted by Gasteiger charge is 2.32. The lowest BCUT2D eigenvalue weighted by atomic mass is 10.2. The lowest BCUT2D eigenvalue weighted by Crippen LogP contribution is -2.42. The molecule has 2 rings (SSSR count). The van der Waals surface area contributed by atoms with Gasteiger partial charge in [-0.2, -0.15) is 0 Å². The maximum absolute atomic E-state index is 11.7. The van der Waals surface area contributed by atoms with E-state index in [1.54, 1.807) is 0 Å². The van der Waals surface area contributed by atoms with Crippen molar-refractivity contribution in [1.82, 2.24) is 15.5 Å². The zero-order valence-corrected chi connectivity index (χ0v) is 18.2. The van der Waals surface area contributed by atoms with Crippen LogP contribution < -0.4 is 10.6 Å². The summed E-state index contributed by atoms with van der Waals surface area (Å²) >= 11 is 0. The van der Waals surface area contributed by atoms with E-state index < -0.39 is 0 Å². The summed E-state index contributed by atoms with van der Waals surface area (Å²) in [5.41, 5.74) is 1.24. The molecule has 1 amide bonds. The van der Waals surface area contributed by atoms with Gasteiger partial charge in [0.15, 0.2) is 5.96 Å². The van der Waals surface area contributed by atoms with Crippen LogP contribution in [-0.2, 0) is 11.3 Å². The fourth-order valence-electron chi connectivity index (χ4n) is 2.72. The SMILES string of the molecule is CCNC(=NCC(NC(=O)OCC)C1CC1)N(C)Cc1ccccc1.I. The van der Waals surface area contributed by atoms with Crippen LogP contribution in [0, 0.1) is 5.92 Å². The number of guanidine groups is 1. The van der Waals surface area contributed by atoms with E-state index in [1.807, 2.05) is 32.2 Å². The van der Waals surface area contributed by atoms with Gasteiger partial charge in [-0.05, 0) is 38.2 Å². The molecule has 1 aliphatic rings. The number of halogens is 1. The number of nitrogens with one attached hydrogen (secondary N) is 2. The summed E-state index contributed by atoms with van der Waals surface area (Å²) < 4.78 is 5.01. The molecule has 0 saturated heterocycles. The number of ether oxygens (including phenoxy) is 1. The molecule has 7 heteroatoms. The number of carbonyl (C=O) groups excluding carboxylic acids is 1.